The summed E-state index contributed by atoms with van der Waals surface area (Å²) in [6.07, 6.45) is 4.22. The molecule has 1 fully saturated rings. The van der Waals surface area contributed by atoms with Crippen molar-refractivity contribution in [3.63, 3.8) is 0 Å². The normalized spacial score (nSPS) is 19.2. The zero-order chi connectivity index (χ0) is 15.1. The van der Waals surface area contributed by atoms with Gasteiger partial charge in [-0.1, -0.05) is 13.8 Å². The average molecular weight is 292 g/mol. The van der Waals surface area contributed by atoms with Crippen LogP contribution < -0.4 is 10.2 Å². The minimum absolute atomic E-state index is 0.447. The lowest BCUT2D eigenvalue weighted by Crippen LogP contribution is -2.40. The lowest BCUT2D eigenvalue weighted by molar-refractivity contribution is 0.197. The predicted molar refractivity (Wildman–Crippen MR) is 85.8 cm³/mol. The van der Waals surface area contributed by atoms with Crippen LogP contribution in [-0.4, -0.2) is 49.9 Å². The van der Waals surface area contributed by atoms with Gasteiger partial charge in [-0.25, -0.2) is 9.97 Å². The Labute approximate surface area is 128 Å². The second-order valence-corrected chi connectivity index (χ2v) is 6.11. The van der Waals surface area contributed by atoms with Crippen LogP contribution in [0, 0.1) is 5.92 Å². The van der Waals surface area contributed by atoms with Crippen molar-refractivity contribution in [1.29, 1.82) is 0 Å². The second kappa shape index (κ2) is 8.29. The van der Waals surface area contributed by atoms with Crippen molar-refractivity contribution in [2.75, 3.05) is 44.8 Å². The third-order valence-corrected chi connectivity index (χ3v) is 4.02. The Kier molecular flexibility index (Phi) is 6.39. The smallest absolute Gasteiger partial charge is 0.132 e. The van der Waals surface area contributed by atoms with Crippen molar-refractivity contribution in [3.8, 4) is 0 Å². The van der Waals surface area contributed by atoms with Crippen LogP contribution in [0.25, 0.3) is 0 Å². The molecule has 21 heavy (non-hydrogen) atoms. The van der Waals surface area contributed by atoms with Crippen molar-refractivity contribution in [3.05, 3.63) is 18.1 Å². The van der Waals surface area contributed by atoms with E-state index in [0.717, 1.165) is 44.3 Å². The van der Waals surface area contributed by atoms with E-state index in [-0.39, 0.29) is 0 Å². The van der Waals surface area contributed by atoms with Gasteiger partial charge in [-0.2, -0.15) is 0 Å². The SMILES string of the molecule is COCCNCC1CCCN(c2cc(C(C)C)ncn2)C1. The number of rotatable bonds is 7. The van der Waals surface area contributed by atoms with Gasteiger partial charge in [0.15, 0.2) is 0 Å². The molecule has 1 N–H and O–H groups in total. The fraction of sp³-hybridized carbons (Fsp3) is 0.750. The van der Waals surface area contributed by atoms with E-state index in [9.17, 15) is 0 Å². The molecule has 0 spiro atoms. The molecule has 118 valence electrons. The fourth-order valence-electron chi connectivity index (χ4n) is 2.77. The van der Waals surface area contributed by atoms with Gasteiger partial charge in [0.1, 0.15) is 12.1 Å². The van der Waals surface area contributed by atoms with Crippen LogP contribution in [0.3, 0.4) is 0 Å². The number of aromatic nitrogens is 2. The zero-order valence-corrected chi connectivity index (χ0v) is 13.5. The highest BCUT2D eigenvalue weighted by atomic mass is 16.5. The average Bonchev–Trinajstić information content (AvgIpc) is 2.52. The van der Waals surface area contributed by atoms with Crippen molar-refractivity contribution in [2.24, 2.45) is 5.92 Å². The highest BCUT2D eigenvalue weighted by Crippen LogP contribution is 2.23. The van der Waals surface area contributed by atoms with Crippen LogP contribution in [0.2, 0.25) is 0 Å². The van der Waals surface area contributed by atoms with Crippen LogP contribution in [0.5, 0.6) is 0 Å². The summed E-state index contributed by atoms with van der Waals surface area (Å²) in [5, 5.41) is 3.47. The van der Waals surface area contributed by atoms with Gasteiger partial charge in [0, 0.05) is 38.5 Å². The Hall–Kier alpha value is -1.20. The van der Waals surface area contributed by atoms with E-state index in [0.29, 0.717) is 11.8 Å². The van der Waals surface area contributed by atoms with E-state index in [2.05, 4.69) is 40.1 Å². The van der Waals surface area contributed by atoms with Gasteiger partial charge >= 0.3 is 0 Å². The van der Waals surface area contributed by atoms with E-state index >= 15 is 0 Å². The largest absolute Gasteiger partial charge is 0.383 e. The van der Waals surface area contributed by atoms with Crippen molar-refractivity contribution in [1.82, 2.24) is 15.3 Å². The zero-order valence-electron chi connectivity index (χ0n) is 13.5. The lowest BCUT2D eigenvalue weighted by atomic mass is 9.98. The summed E-state index contributed by atoms with van der Waals surface area (Å²) in [7, 11) is 1.74. The van der Waals surface area contributed by atoms with E-state index in [4.69, 9.17) is 4.74 Å². The third-order valence-electron chi connectivity index (χ3n) is 4.02. The monoisotopic (exact) mass is 292 g/mol. The van der Waals surface area contributed by atoms with Crippen LogP contribution in [0.4, 0.5) is 5.82 Å². The Bertz CT molecular complexity index is 424. The molecular weight excluding hydrogens is 264 g/mol. The Morgan fingerprint density at radius 1 is 1.43 bits per heavy atom. The first-order valence-electron chi connectivity index (χ1n) is 7.97. The highest BCUT2D eigenvalue weighted by molar-refractivity contribution is 5.40. The van der Waals surface area contributed by atoms with Crippen LogP contribution in [0.1, 0.15) is 38.3 Å². The van der Waals surface area contributed by atoms with Crippen molar-refractivity contribution in [2.45, 2.75) is 32.6 Å². The topological polar surface area (TPSA) is 50.3 Å². The predicted octanol–water partition coefficient (Wildman–Crippen LogP) is 2.05. The van der Waals surface area contributed by atoms with Gasteiger partial charge < -0.3 is 15.0 Å². The molecule has 1 aromatic heterocycles. The first kappa shape index (κ1) is 16.2. The molecule has 5 heteroatoms. The molecule has 2 rings (SSSR count). The van der Waals surface area contributed by atoms with E-state index in [1.807, 2.05) is 0 Å². The van der Waals surface area contributed by atoms with Crippen LogP contribution in [0.15, 0.2) is 12.4 Å². The molecule has 1 aliphatic rings. The molecule has 0 bridgehead atoms. The second-order valence-electron chi connectivity index (χ2n) is 6.11. The minimum Gasteiger partial charge on any atom is -0.383 e. The molecule has 1 unspecified atom stereocenters. The van der Waals surface area contributed by atoms with Crippen LogP contribution in [-0.2, 0) is 4.74 Å². The molecule has 0 amide bonds. The van der Waals surface area contributed by atoms with Gasteiger partial charge in [-0.05, 0) is 31.2 Å². The number of nitrogens with one attached hydrogen (secondary N) is 1. The maximum Gasteiger partial charge on any atom is 0.132 e. The number of hydrogen-bond donors (Lipinski definition) is 1. The summed E-state index contributed by atoms with van der Waals surface area (Å²) in [6, 6.07) is 2.14. The van der Waals surface area contributed by atoms with Gasteiger partial charge in [-0.15, -0.1) is 0 Å². The number of methoxy groups -OCH3 is 1. The summed E-state index contributed by atoms with van der Waals surface area (Å²) in [4.78, 5) is 11.2. The van der Waals surface area contributed by atoms with Gasteiger partial charge in [0.05, 0.1) is 6.61 Å². The van der Waals surface area contributed by atoms with Crippen molar-refractivity contribution >= 4 is 5.82 Å². The molecular formula is C16H28N4O. The van der Waals surface area contributed by atoms with E-state index in [1.165, 1.54) is 12.8 Å². The molecule has 0 saturated carbocycles. The molecule has 1 saturated heterocycles. The molecule has 2 heterocycles. The number of hydrogen-bond acceptors (Lipinski definition) is 5. The Balaban J connectivity index is 1.89. The number of piperidine rings is 1. The molecule has 0 aliphatic carbocycles. The number of nitrogens with zero attached hydrogens (tertiary/aromatic N) is 3. The van der Waals surface area contributed by atoms with Gasteiger partial charge in [0.2, 0.25) is 0 Å². The quantitative estimate of drug-likeness (QED) is 0.780. The Morgan fingerprint density at radius 2 is 2.29 bits per heavy atom. The van der Waals surface area contributed by atoms with Gasteiger partial charge in [-0.3, -0.25) is 0 Å². The minimum atomic E-state index is 0.447. The van der Waals surface area contributed by atoms with E-state index < -0.39 is 0 Å². The highest BCUT2D eigenvalue weighted by Gasteiger charge is 2.21. The summed E-state index contributed by atoms with van der Waals surface area (Å²) in [5.74, 6) is 2.21. The summed E-state index contributed by atoms with van der Waals surface area (Å²) in [6.45, 7) is 9.29. The number of anilines is 1. The standard InChI is InChI=1S/C16H28N4O/c1-13(2)15-9-16(19-12-18-15)20-7-4-5-14(11-20)10-17-6-8-21-3/h9,12-14,17H,4-8,10-11H2,1-3H3. The van der Waals surface area contributed by atoms with Crippen LogP contribution >= 0.6 is 0 Å². The Morgan fingerprint density at radius 3 is 3.05 bits per heavy atom. The molecule has 5 nitrogen and oxygen atoms in total. The molecule has 1 aliphatic heterocycles. The number of ether oxygens (including phenoxy) is 1. The summed E-state index contributed by atoms with van der Waals surface area (Å²) < 4.78 is 5.07. The molecule has 1 atom stereocenters. The molecule has 0 aromatic carbocycles. The molecule has 0 radical (unpaired) electrons. The maximum absolute atomic E-state index is 5.07. The first-order chi connectivity index (χ1) is 10.2. The summed E-state index contributed by atoms with van der Waals surface area (Å²) in [5.41, 5.74) is 1.13. The van der Waals surface area contributed by atoms with Gasteiger partial charge in [0.25, 0.3) is 0 Å². The maximum atomic E-state index is 5.07. The fourth-order valence-corrected chi connectivity index (χ4v) is 2.77. The first-order valence-corrected chi connectivity index (χ1v) is 7.97. The third kappa shape index (κ3) is 4.93. The lowest BCUT2D eigenvalue weighted by Gasteiger charge is -2.34. The summed E-state index contributed by atoms with van der Waals surface area (Å²) >= 11 is 0. The van der Waals surface area contributed by atoms with E-state index in [1.54, 1.807) is 13.4 Å². The molecule has 1 aromatic rings. The van der Waals surface area contributed by atoms with Crippen molar-refractivity contribution < 1.29 is 4.74 Å².